The van der Waals surface area contributed by atoms with Gasteiger partial charge in [-0.3, -0.25) is 0 Å². The fourth-order valence-corrected chi connectivity index (χ4v) is 2.42. The molecule has 0 spiro atoms. The Balaban J connectivity index is 0.000000853. The van der Waals surface area contributed by atoms with E-state index in [-0.39, 0.29) is 12.4 Å². The summed E-state index contributed by atoms with van der Waals surface area (Å²) in [6.07, 6.45) is 3.42. The van der Waals surface area contributed by atoms with Gasteiger partial charge in [0.25, 0.3) is 0 Å². The average Bonchev–Trinajstić information content (AvgIpc) is 2.26. The summed E-state index contributed by atoms with van der Waals surface area (Å²) in [6.45, 7) is 1.78. The molecule has 2 heteroatoms. The fraction of sp³-hybridized carbons (Fsp3) is 0.385. The Bertz CT molecular complexity index is 358. The van der Waals surface area contributed by atoms with Crippen LogP contribution in [0.25, 0.3) is 0 Å². The molecule has 1 aliphatic carbocycles. The molecule has 0 saturated heterocycles. The average molecular weight is 223 g/mol. The van der Waals surface area contributed by atoms with Crippen LogP contribution in [0.15, 0.2) is 35.4 Å². The van der Waals surface area contributed by atoms with Crippen LogP contribution in [0, 0.1) is 0 Å². The molecule has 1 aromatic carbocycles. The van der Waals surface area contributed by atoms with Gasteiger partial charge in [0.15, 0.2) is 0 Å². The van der Waals surface area contributed by atoms with Gasteiger partial charge in [0.2, 0.25) is 0 Å². The van der Waals surface area contributed by atoms with Crippen LogP contribution in [-0.4, -0.2) is 13.2 Å². The summed E-state index contributed by atoms with van der Waals surface area (Å²) in [5, 5.41) is 0. The zero-order valence-corrected chi connectivity index (χ0v) is 9.48. The van der Waals surface area contributed by atoms with Gasteiger partial charge in [-0.25, -0.2) is 0 Å². The minimum absolute atomic E-state index is 0. The summed E-state index contributed by atoms with van der Waals surface area (Å²) in [5.74, 6) is 0. The smallest absolute Gasteiger partial charge is 0.0682 e. The summed E-state index contributed by atoms with van der Waals surface area (Å²) < 4.78 is 5.50. The molecule has 1 aliphatic heterocycles. The lowest BCUT2D eigenvalue weighted by atomic mass is 9.84. The first-order valence-corrected chi connectivity index (χ1v) is 5.28. The summed E-state index contributed by atoms with van der Waals surface area (Å²) in [7, 11) is 0. The first-order chi connectivity index (χ1) is 6.93. The molecular weight excluding hydrogens is 208 g/mol. The van der Waals surface area contributed by atoms with Crippen molar-refractivity contribution in [3.05, 3.63) is 46.5 Å². The minimum atomic E-state index is 0. The molecule has 0 fully saturated rings. The largest absolute Gasteiger partial charge is 0.377 e. The van der Waals surface area contributed by atoms with E-state index in [9.17, 15) is 0 Å². The Hall–Kier alpha value is -0.790. The van der Waals surface area contributed by atoms with Gasteiger partial charge in [-0.15, -0.1) is 12.4 Å². The van der Waals surface area contributed by atoms with Crippen LogP contribution in [0.3, 0.4) is 0 Å². The Morgan fingerprint density at radius 3 is 2.33 bits per heavy atom. The third kappa shape index (κ3) is 1.95. The molecular formula is C13H15ClO. The van der Waals surface area contributed by atoms with E-state index in [2.05, 4.69) is 24.3 Å². The van der Waals surface area contributed by atoms with Crippen molar-refractivity contribution in [2.75, 3.05) is 13.2 Å². The lowest BCUT2D eigenvalue weighted by Crippen LogP contribution is -2.18. The number of hydrogen-bond acceptors (Lipinski definition) is 1. The van der Waals surface area contributed by atoms with Crippen molar-refractivity contribution in [2.45, 2.75) is 19.3 Å². The van der Waals surface area contributed by atoms with Gasteiger partial charge in [0.05, 0.1) is 13.2 Å². The van der Waals surface area contributed by atoms with Crippen molar-refractivity contribution in [3.8, 4) is 0 Å². The molecule has 15 heavy (non-hydrogen) atoms. The maximum atomic E-state index is 5.50. The molecule has 1 heterocycles. The molecule has 0 N–H and O–H groups in total. The van der Waals surface area contributed by atoms with E-state index in [1.165, 1.54) is 16.7 Å². The van der Waals surface area contributed by atoms with Crippen LogP contribution in [0.4, 0.5) is 0 Å². The predicted octanol–water partition coefficient (Wildman–Crippen LogP) is 2.92. The number of fused-ring (bicyclic) bond motifs is 1. The molecule has 0 bridgehead atoms. The van der Waals surface area contributed by atoms with Crippen molar-refractivity contribution in [3.63, 3.8) is 0 Å². The van der Waals surface area contributed by atoms with Gasteiger partial charge < -0.3 is 4.74 Å². The van der Waals surface area contributed by atoms with Gasteiger partial charge in [0, 0.05) is 0 Å². The molecule has 1 nitrogen and oxygen atoms in total. The summed E-state index contributed by atoms with van der Waals surface area (Å²) >= 11 is 0. The highest BCUT2D eigenvalue weighted by atomic mass is 35.5. The van der Waals surface area contributed by atoms with Crippen molar-refractivity contribution in [1.29, 1.82) is 0 Å². The van der Waals surface area contributed by atoms with Crippen LogP contribution < -0.4 is 0 Å². The van der Waals surface area contributed by atoms with Crippen LogP contribution in [-0.2, 0) is 17.6 Å². The second-order valence-electron chi connectivity index (χ2n) is 4.13. The van der Waals surface area contributed by atoms with Gasteiger partial charge in [0.1, 0.15) is 0 Å². The Labute approximate surface area is 96.6 Å². The summed E-state index contributed by atoms with van der Waals surface area (Å²) in [5.41, 5.74) is 6.19. The number of ether oxygens (including phenoxy) is 1. The molecule has 0 saturated carbocycles. The first kappa shape index (κ1) is 10.7. The van der Waals surface area contributed by atoms with Crippen LogP contribution in [0.5, 0.6) is 0 Å². The molecule has 0 atom stereocenters. The van der Waals surface area contributed by atoms with Gasteiger partial charge in [-0.1, -0.05) is 29.8 Å². The third-order valence-electron chi connectivity index (χ3n) is 3.25. The van der Waals surface area contributed by atoms with Gasteiger partial charge in [-0.05, 0) is 36.0 Å². The topological polar surface area (TPSA) is 9.23 Å². The summed E-state index contributed by atoms with van der Waals surface area (Å²) in [4.78, 5) is 0. The lowest BCUT2D eigenvalue weighted by molar-refractivity contribution is 0.143. The number of hydrogen-bond donors (Lipinski definition) is 0. The van der Waals surface area contributed by atoms with E-state index in [1.54, 1.807) is 5.57 Å². The van der Waals surface area contributed by atoms with Gasteiger partial charge >= 0.3 is 0 Å². The fourth-order valence-electron chi connectivity index (χ4n) is 2.42. The monoisotopic (exact) mass is 222 g/mol. The normalized spacial score (nSPS) is 18.9. The van der Waals surface area contributed by atoms with Crippen LogP contribution >= 0.6 is 12.4 Å². The maximum absolute atomic E-state index is 5.50. The van der Waals surface area contributed by atoms with E-state index in [1.807, 2.05) is 0 Å². The Morgan fingerprint density at radius 2 is 1.60 bits per heavy atom. The second-order valence-corrected chi connectivity index (χ2v) is 4.13. The SMILES string of the molecule is Cl.c1ccc2c(c1)CC1=C(COCC1)C2. The zero-order valence-electron chi connectivity index (χ0n) is 8.66. The highest BCUT2D eigenvalue weighted by Crippen LogP contribution is 2.30. The highest BCUT2D eigenvalue weighted by molar-refractivity contribution is 5.85. The van der Waals surface area contributed by atoms with Crippen molar-refractivity contribution in [2.24, 2.45) is 0 Å². The molecule has 80 valence electrons. The van der Waals surface area contributed by atoms with Crippen molar-refractivity contribution in [1.82, 2.24) is 0 Å². The Morgan fingerprint density at radius 1 is 0.933 bits per heavy atom. The molecule has 0 amide bonds. The third-order valence-corrected chi connectivity index (χ3v) is 3.25. The molecule has 0 unspecified atom stereocenters. The molecule has 0 aromatic heterocycles. The molecule has 2 aliphatic rings. The molecule has 3 rings (SSSR count). The van der Waals surface area contributed by atoms with E-state index in [0.717, 1.165) is 32.5 Å². The number of halogens is 1. The van der Waals surface area contributed by atoms with Crippen molar-refractivity contribution < 1.29 is 4.74 Å². The van der Waals surface area contributed by atoms with E-state index in [0.29, 0.717) is 0 Å². The lowest BCUT2D eigenvalue weighted by Gasteiger charge is -2.26. The van der Waals surface area contributed by atoms with Gasteiger partial charge in [-0.2, -0.15) is 0 Å². The minimum Gasteiger partial charge on any atom is -0.377 e. The van der Waals surface area contributed by atoms with Crippen molar-refractivity contribution >= 4 is 12.4 Å². The Kier molecular flexibility index (Phi) is 3.13. The van der Waals surface area contributed by atoms with Crippen LogP contribution in [0.1, 0.15) is 17.5 Å². The van der Waals surface area contributed by atoms with E-state index < -0.39 is 0 Å². The first-order valence-electron chi connectivity index (χ1n) is 5.28. The van der Waals surface area contributed by atoms with E-state index in [4.69, 9.17) is 4.74 Å². The second kappa shape index (κ2) is 4.38. The van der Waals surface area contributed by atoms with Crippen LogP contribution in [0.2, 0.25) is 0 Å². The highest BCUT2D eigenvalue weighted by Gasteiger charge is 2.19. The molecule has 0 radical (unpaired) electrons. The number of rotatable bonds is 0. The predicted molar refractivity (Wildman–Crippen MR) is 63.6 cm³/mol. The van der Waals surface area contributed by atoms with E-state index >= 15 is 0 Å². The standard InChI is InChI=1S/C13H14O.ClH/c1-2-4-11-8-13-9-14-6-5-12(13)7-10(11)3-1;/h1-4H,5-9H2;1H. The maximum Gasteiger partial charge on any atom is 0.0682 e. The quantitative estimate of drug-likeness (QED) is 0.614. The number of benzene rings is 1. The summed E-state index contributed by atoms with van der Waals surface area (Å²) in [6, 6.07) is 8.78. The zero-order chi connectivity index (χ0) is 9.38. The molecule has 1 aromatic rings.